The summed E-state index contributed by atoms with van der Waals surface area (Å²) in [7, 11) is 0. The van der Waals surface area contributed by atoms with Gasteiger partial charge in [-0.05, 0) is 54.2 Å². The minimum absolute atomic E-state index is 0. The summed E-state index contributed by atoms with van der Waals surface area (Å²) in [5.41, 5.74) is 8.59. The molecule has 1 unspecified atom stereocenters. The van der Waals surface area contributed by atoms with Crippen LogP contribution in [0.5, 0.6) is 0 Å². The molecule has 3 rings (SSSR count). The second kappa shape index (κ2) is 8.21. The van der Waals surface area contributed by atoms with Gasteiger partial charge in [0.1, 0.15) is 0 Å². The average Bonchev–Trinajstić information content (AvgIpc) is 2.61. The van der Waals surface area contributed by atoms with E-state index >= 15 is 0 Å². The van der Waals surface area contributed by atoms with Crippen molar-refractivity contribution in [2.24, 2.45) is 0 Å². The fourth-order valence-electron chi connectivity index (χ4n) is 3.40. The first-order valence-electron chi connectivity index (χ1n) is 8.62. The average molecular weight is 399 g/mol. The quantitative estimate of drug-likeness (QED) is 0.724. The number of amides is 1. The van der Waals surface area contributed by atoms with Gasteiger partial charge in [0, 0.05) is 24.3 Å². The summed E-state index contributed by atoms with van der Waals surface area (Å²) in [6, 6.07) is 10.6. The van der Waals surface area contributed by atoms with Gasteiger partial charge in [0.15, 0.2) is 0 Å². The van der Waals surface area contributed by atoms with E-state index in [1.54, 1.807) is 4.90 Å². The second-order valence-electron chi connectivity index (χ2n) is 6.72. The molecule has 146 valence electrons. The minimum Gasteiger partial charge on any atom is -0.398 e. The van der Waals surface area contributed by atoms with Gasteiger partial charge in [0.05, 0.1) is 5.56 Å². The van der Waals surface area contributed by atoms with E-state index in [9.17, 15) is 18.0 Å². The number of nitrogen functional groups attached to an aromatic ring is 1. The molecule has 2 aromatic rings. The number of nitrogens with zero attached hydrogens (tertiary/aromatic N) is 1. The highest BCUT2D eigenvalue weighted by Crippen LogP contribution is 2.34. The number of anilines is 2. The molecule has 0 spiro atoms. The fraction of sp³-hybridized carbons (Fsp3) is 0.350. The second-order valence-corrected chi connectivity index (χ2v) is 6.72. The number of rotatable bonds is 3. The summed E-state index contributed by atoms with van der Waals surface area (Å²) in [5.74, 6) is -0.208. The topological polar surface area (TPSA) is 46.3 Å². The minimum atomic E-state index is -4.35. The van der Waals surface area contributed by atoms with Crippen LogP contribution in [0.2, 0.25) is 0 Å². The predicted molar refractivity (Wildman–Crippen MR) is 103 cm³/mol. The molecule has 2 aromatic carbocycles. The Bertz CT molecular complexity index is 806. The number of benzene rings is 2. The summed E-state index contributed by atoms with van der Waals surface area (Å²) in [4.78, 5) is 14.5. The molecule has 0 aliphatic carbocycles. The van der Waals surface area contributed by atoms with Crippen LogP contribution in [0.25, 0.3) is 0 Å². The number of nitrogens with two attached hydrogens (primary N) is 1. The highest BCUT2D eigenvalue weighted by Gasteiger charge is 2.30. The van der Waals surface area contributed by atoms with Crippen molar-refractivity contribution < 1.29 is 18.0 Å². The number of carbonyl (C=O) groups excluding carboxylic acids is 1. The van der Waals surface area contributed by atoms with Crippen LogP contribution >= 0.6 is 12.4 Å². The van der Waals surface area contributed by atoms with E-state index in [2.05, 4.69) is 0 Å². The summed E-state index contributed by atoms with van der Waals surface area (Å²) < 4.78 is 38.0. The summed E-state index contributed by atoms with van der Waals surface area (Å²) in [6.45, 7) is 2.49. The Morgan fingerprint density at radius 1 is 1.19 bits per heavy atom. The maximum absolute atomic E-state index is 12.8. The van der Waals surface area contributed by atoms with Gasteiger partial charge in [-0.1, -0.05) is 25.1 Å². The van der Waals surface area contributed by atoms with Crippen molar-refractivity contribution >= 4 is 29.7 Å². The number of halogens is 4. The number of fused-ring (bicyclic) bond motifs is 1. The Labute approximate surface area is 162 Å². The molecule has 0 saturated heterocycles. The third kappa shape index (κ3) is 4.56. The van der Waals surface area contributed by atoms with Gasteiger partial charge < -0.3 is 10.6 Å². The van der Waals surface area contributed by atoms with Crippen molar-refractivity contribution in [3.8, 4) is 0 Å². The zero-order valence-electron chi connectivity index (χ0n) is 14.9. The van der Waals surface area contributed by atoms with Crippen molar-refractivity contribution in [3.63, 3.8) is 0 Å². The molecule has 0 saturated carbocycles. The smallest absolute Gasteiger partial charge is 0.398 e. The normalized spacial score (nSPS) is 14.9. The van der Waals surface area contributed by atoms with Gasteiger partial charge in [-0.25, -0.2) is 0 Å². The van der Waals surface area contributed by atoms with E-state index in [0.29, 0.717) is 12.2 Å². The van der Waals surface area contributed by atoms with Crippen LogP contribution in [0.1, 0.15) is 42.4 Å². The van der Waals surface area contributed by atoms with Gasteiger partial charge in [0.2, 0.25) is 5.91 Å². The van der Waals surface area contributed by atoms with E-state index in [1.165, 1.54) is 12.1 Å². The Balaban J connectivity index is 0.00000261. The number of hydrogen-bond acceptors (Lipinski definition) is 2. The van der Waals surface area contributed by atoms with E-state index in [-0.39, 0.29) is 30.7 Å². The van der Waals surface area contributed by atoms with E-state index in [4.69, 9.17) is 5.73 Å². The van der Waals surface area contributed by atoms with Crippen molar-refractivity contribution in [1.82, 2.24) is 0 Å². The van der Waals surface area contributed by atoms with Crippen molar-refractivity contribution in [2.75, 3.05) is 17.2 Å². The van der Waals surface area contributed by atoms with Crippen molar-refractivity contribution in [2.45, 2.75) is 38.3 Å². The predicted octanol–water partition coefficient (Wildman–Crippen LogP) is 5.18. The molecule has 1 aliphatic heterocycles. The molecular formula is C20H22ClF3N2O. The van der Waals surface area contributed by atoms with E-state index in [1.807, 2.05) is 25.1 Å². The van der Waals surface area contributed by atoms with Crippen LogP contribution in [0.3, 0.4) is 0 Å². The fourth-order valence-corrected chi connectivity index (χ4v) is 3.40. The molecule has 27 heavy (non-hydrogen) atoms. The molecule has 0 radical (unpaired) electrons. The van der Waals surface area contributed by atoms with Crippen LogP contribution < -0.4 is 10.6 Å². The molecule has 3 nitrogen and oxygen atoms in total. The summed E-state index contributed by atoms with van der Waals surface area (Å²) in [6.07, 6.45) is -2.42. The van der Waals surface area contributed by atoms with Gasteiger partial charge >= 0.3 is 6.18 Å². The van der Waals surface area contributed by atoms with Crippen LogP contribution in [0, 0.1) is 0 Å². The van der Waals surface area contributed by atoms with Crippen LogP contribution in [0.4, 0.5) is 24.5 Å². The monoisotopic (exact) mass is 398 g/mol. The van der Waals surface area contributed by atoms with Crippen LogP contribution in [0.15, 0.2) is 42.5 Å². The number of carbonyl (C=O) groups is 1. The lowest BCUT2D eigenvalue weighted by Crippen LogP contribution is -2.36. The summed E-state index contributed by atoms with van der Waals surface area (Å²) >= 11 is 0. The Morgan fingerprint density at radius 3 is 2.48 bits per heavy atom. The van der Waals surface area contributed by atoms with Gasteiger partial charge in [0.25, 0.3) is 0 Å². The zero-order valence-corrected chi connectivity index (χ0v) is 15.7. The first-order valence-corrected chi connectivity index (χ1v) is 8.62. The molecule has 2 N–H and O–H groups in total. The third-order valence-corrected chi connectivity index (χ3v) is 4.88. The molecule has 1 heterocycles. The molecule has 1 amide bonds. The van der Waals surface area contributed by atoms with Gasteiger partial charge in [-0.3, -0.25) is 4.79 Å². The molecular weight excluding hydrogens is 377 g/mol. The number of hydrogen-bond donors (Lipinski definition) is 1. The highest BCUT2D eigenvalue weighted by molar-refractivity contribution is 5.95. The molecule has 1 aliphatic rings. The largest absolute Gasteiger partial charge is 0.416 e. The van der Waals surface area contributed by atoms with Crippen molar-refractivity contribution in [1.29, 1.82) is 0 Å². The highest BCUT2D eigenvalue weighted by atomic mass is 35.5. The van der Waals surface area contributed by atoms with E-state index in [0.717, 1.165) is 41.8 Å². The van der Waals surface area contributed by atoms with Gasteiger partial charge in [-0.15, -0.1) is 12.4 Å². The lowest BCUT2D eigenvalue weighted by atomic mass is 9.94. The Morgan fingerprint density at radius 2 is 1.85 bits per heavy atom. The van der Waals surface area contributed by atoms with E-state index < -0.39 is 11.7 Å². The molecule has 7 heteroatoms. The Hall–Kier alpha value is -2.21. The van der Waals surface area contributed by atoms with Crippen LogP contribution in [-0.2, 0) is 17.4 Å². The molecule has 0 aromatic heterocycles. The standard InChI is InChI=1S/C20H21F3N2O.ClH/c1-13(14-7-9-15(10-8-14)20(21,22)23)12-19(26)25-11-3-4-16-17(24)5-2-6-18(16)25;/h2,5-10,13H,3-4,11-12,24H2,1H3;1H. The van der Waals surface area contributed by atoms with Crippen molar-refractivity contribution in [3.05, 3.63) is 59.2 Å². The lowest BCUT2D eigenvalue weighted by Gasteiger charge is -2.31. The molecule has 0 fully saturated rings. The summed E-state index contributed by atoms with van der Waals surface area (Å²) in [5, 5.41) is 0. The lowest BCUT2D eigenvalue weighted by molar-refractivity contribution is -0.137. The first-order chi connectivity index (χ1) is 12.3. The maximum atomic E-state index is 12.8. The zero-order chi connectivity index (χ0) is 18.9. The third-order valence-electron chi connectivity index (χ3n) is 4.88. The SMILES string of the molecule is CC(CC(=O)N1CCCc2c(N)cccc21)c1ccc(C(F)(F)F)cc1.Cl. The molecule has 1 atom stereocenters. The Kier molecular flexibility index (Phi) is 6.42. The number of alkyl halides is 3. The first kappa shape index (κ1) is 21.1. The van der Waals surface area contributed by atoms with Gasteiger partial charge in [-0.2, -0.15) is 13.2 Å². The van der Waals surface area contributed by atoms with Crippen LogP contribution in [-0.4, -0.2) is 12.5 Å². The maximum Gasteiger partial charge on any atom is 0.416 e. The molecule has 0 bridgehead atoms.